The van der Waals surface area contributed by atoms with Gasteiger partial charge < -0.3 is 0 Å². The summed E-state index contributed by atoms with van der Waals surface area (Å²) in [5.41, 5.74) is 5.05. The molecular formula is C15H20O. The maximum Gasteiger partial charge on any atom is 0.160 e. The van der Waals surface area contributed by atoms with Crippen LogP contribution in [0.1, 0.15) is 66.6 Å². The van der Waals surface area contributed by atoms with E-state index in [1.807, 2.05) is 0 Å². The van der Waals surface area contributed by atoms with Crippen LogP contribution in [0.2, 0.25) is 0 Å². The van der Waals surface area contributed by atoms with Gasteiger partial charge in [0.15, 0.2) is 5.78 Å². The Balaban J connectivity index is 2.55. The highest BCUT2D eigenvalue weighted by molar-refractivity contribution is 5.96. The van der Waals surface area contributed by atoms with Crippen molar-refractivity contribution >= 4 is 5.78 Å². The van der Waals surface area contributed by atoms with E-state index in [-0.39, 0.29) is 5.78 Å². The van der Waals surface area contributed by atoms with Crippen LogP contribution in [0, 0.1) is 0 Å². The van der Waals surface area contributed by atoms with E-state index in [2.05, 4.69) is 26.0 Å². The largest absolute Gasteiger partial charge is 0.295 e. The number of hydrogen-bond donors (Lipinski definition) is 0. The molecule has 1 heteroatoms. The van der Waals surface area contributed by atoms with Crippen molar-refractivity contribution in [2.24, 2.45) is 0 Å². The second kappa shape index (κ2) is 4.40. The van der Waals surface area contributed by atoms with Gasteiger partial charge in [-0.3, -0.25) is 4.79 Å². The Bertz CT molecular complexity index is 418. The standard InChI is InChI=1S/C15H20O/c1-4-12-8-13-7-5-6-10(2)14(13)9-15(12)11(3)16/h8-10H,4-7H2,1-3H3. The number of hydrogen-bond acceptors (Lipinski definition) is 1. The molecule has 1 aromatic rings. The average molecular weight is 216 g/mol. The quantitative estimate of drug-likeness (QED) is 0.685. The van der Waals surface area contributed by atoms with Crippen LogP contribution in [0.15, 0.2) is 12.1 Å². The van der Waals surface area contributed by atoms with Crippen molar-refractivity contribution in [1.29, 1.82) is 0 Å². The molecule has 1 unspecified atom stereocenters. The van der Waals surface area contributed by atoms with E-state index in [0.717, 1.165) is 12.0 Å². The van der Waals surface area contributed by atoms with E-state index >= 15 is 0 Å². The third kappa shape index (κ3) is 1.91. The predicted molar refractivity (Wildman–Crippen MR) is 67.2 cm³/mol. The van der Waals surface area contributed by atoms with Crippen molar-refractivity contribution in [3.8, 4) is 0 Å². The molecule has 0 fully saturated rings. The van der Waals surface area contributed by atoms with Gasteiger partial charge in [0, 0.05) is 5.56 Å². The first-order valence-corrected chi connectivity index (χ1v) is 6.30. The molecule has 0 saturated carbocycles. The van der Waals surface area contributed by atoms with E-state index < -0.39 is 0 Å². The molecule has 2 rings (SSSR count). The summed E-state index contributed by atoms with van der Waals surface area (Å²) in [6.45, 7) is 6.07. The molecule has 16 heavy (non-hydrogen) atoms. The molecule has 0 radical (unpaired) electrons. The van der Waals surface area contributed by atoms with Gasteiger partial charge in [-0.2, -0.15) is 0 Å². The normalized spacial score (nSPS) is 19.3. The molecule has 0 heterocycles. The number of rotatable bonds is 2. The molecular weight excluding hydrogens is 196 g/mol. The summed E-state index contributed by atoms with van der Waals surface area (Å²) in [4.78, 5) is 11.6. The molecule has 86 valence electrons. The first-order chi connectivity index (χ1) is 7.63. The number of aryl methyl sites for hydroxylation is 2. The fourth-order valence-electron chi connectivity index (χ4n) is 2.76. The fraction of sp³-hybridized carbons (Fsp3) is 0.533. The molecule has 0 saturated heterocycles. The zero-order valence-corrected chi connectivity index (χ0v) is 10.5. The third-order valence-corrected chi connectivity index (χ3v) is 3.74. The molecule has 1 nitrogen and oxygen atoms in total. The van der Waals surface area contributed by atoms with E-state index in [4.69, 9.17) is 0 Å². The highest BCUT2D eigenvalue weighted by Crippen LogP contribution is 2.33. The summed E-state index contributed by atoms with van der Waals surface area (Å²) in [7, 11) is 0. The minimum Gasteiger partial charge on any atom is -0.295 e. The molecule has 0 spiro atoms. The number of ketones is 1. The van der Waals surface area contributed by atoms with Gasteiger partial charge in [-0.1, -0.05) is 19.9 Å². The lowest BCUT2D eigenvalue weighted by Gasteiger charge is -2.24. The number of Topliss-reactive ketones (excluding diaryl/α,β-unsaturated/α-hetero) is 1. The second-order valence-corrected chi connectivity index (χ2v) is 4.91. The van der Waals surface area contributed by atoms with Gasteiger partial charge in [0.1, 0.15) is 0 Å². The highest BCUT2D eigenvalue weighted by atomic mass is 16.1. The molecule has 0 aromatic heterocycles. The summed E-state index contributed by atoms with van der Waals surface area (Å²) < 4.78 is 0. The van der Waals surface area contributed by atoms with Crippen LogP contribution >= 0.6 is 0 Å². The SMILES string of the molecule is CCc1cc2c(cc1C(C)=O)C(C)CCC2. The molecule has 1 atom stereocenters. The first-order valence-electron chi connectivity index (χ1n) is 6.30. The van der Waals surface area contributed by atoms with E-state index in [9.17, 15) is 4.79 Å². The number of fused-ring (bicyclic) bond motifs is 1. The van der Waals surface area contributed by atoms with Gasteiger partial charge in [0.05, 0.1) is 0 Å². The van der Waals surface area contributed by atoms with E-state index in [0.29, 0.717) is 5.92 Å². The summed E-state index contributed by atoms with van der Waals surface area (Å²) in [5, 5.41) is 0. The van der Waals surface area contributed by atoms with Crippen molar-refractivity contribution in [2.45, 2.75) is 52.4 Å². The minimum atomic E-state index is 0.206. The van der Waals surface area contributed by atoms with Crippen molar-refractivity contribution in [3.63, 3.8) is 0 Å². The van der Waals surface area contributed by atoms with Gasteiger partial charge in [0.25, 0.3) is 0 Å². The van der Waals surface area contributed by atoms with Gasteiger partial charge in [-0.15, -0.1) is 0 Å². The predicted octanol–water partition coefficient (Wildman–Crippen LogP) is 3.89. The van der Waals surface area contributed by atoms with Crippen molar-refractivity contribution < 1.29 is 4.79 Å². The van der Waals surface area contributed by atoms with Crippen LogP contribution in [0.25, 0.3) is 0 Å². The number of benzene rings is 1. The van der Waals surface area contributed by atoms with Gasteiger partial charge >= 0.3 is 0 Å². The Kier molecular flexibility index (Phi) is 3.13. The monoisotopic (exact) mass is 216 g/mol. The van der Waals surface area contributed by atoms with Gasteiger partial charge in [-0.05, 0) is 61.3 Å². The molecule has 0 N–H and O–H groups in total. The third-order valence-electron chi connectivity index (χ3n) is 3.74. The highest BCUT2D eigenvalue weighted by Gasteiger charge is 2.19. The summed E-state index contributed by atoms with van der Waals surface area (Å²) in [6, 6.07) is 4.42. The Morgan fingerprint density at radius 1 is 1.44 bits per heavy atom. The molecule has 1 aliphatic rings. The fourth-order valence-corrected chi connectivity index (χ4v) is 2.76. The molecule has 0 amide bonds. The lowest BCUT2D eigenvalue weighted by atomic mass is 9.81. The van der Waals surface area contributed by atoms with Crippen LogP contribution in [0.4, 0.5) is 0 Å². The van der Waals surface area contributed by atoms with Crippen LogP contribution < -0.4 is 0 Å². The van der Waals surface area contributed by atoms with E-state index in [1.54, 1.807) is 6.92 Å². The maximum atomic E-state index is 11.6. The van der Waals surface area contributed by atoms with Gasteiger partial charge in [-0.25, -0.2) is 0 Å². The zero-order chi connectivity index (χ0) is 11.7. The Morgan fingerprint density at radius 3 is 2.81 bits per heavy atom. The van der Waals surface area contributed by atoms with Crippen LogP contribution in [0.3, 0.4) is 0 Å². The average Bonchev–Trinajstić information content (AvgIpc) is 2.27. The molecule has 0 bridgehead atoms. The minimum absolute atomic E-state index is 0.206. The Morgan fingerprint density at radius 2 is 2.19 bits per heavy atom. The Labute approximate surface area is 97.9 Å². The summed E-state index contributed by atoms with van der Waals surface area (Å²) >= 11 is 0. The lowest BCUT2D eigenvalue weighted by molar-refractivity contribution is 0.101. The van der Waals surface area contributed by atoms with Gasteiger partial charge in [0.2, 0.25) is 0 Å². The van der Waals surface area contributed by atoms with Crippen molar-refractivity contribution in [2.75, 3.05) is 0 Å². The van der Waals surface area contributed by atoms with Crippen molar-refractivity contribution in [3.05, 3.63) is 34.4 Å². The maximum absolute atomic E-state index is 11.6. The Hall–Kier alpha value is -1.11. The topological polar surface area (TPSA) is 17.1 Å². The smallest absolute Gasteiger partial charge is 0.160 e. The summed E-state index contributed by atoms with van der Waals surface area (Å²) in [5.74, 6) is 0.824. The summed E-state index contributed by atoms with van der Waals surface area (Å²) in [6.07, 6.45) is 4.69. The molecule has 0 aliphatic heterocycles. The molecule has 1 aliphatic carbocycles. The van der Waals surface area contributed by atoms with Crippen LogP contribution in [0.5, 0.6) is 0 Å². The second-order valence-electron chi connectivity index (χ2n) is 4.91. The lowest BCUT2D eigenvalue weighted by Crippen LogP contribution is -2.11. The van der Waals surface area contributed by atoms with Crippen molar-refractivity contribution in [1.82, 2.24) is 0 Å². The zero-order valence-electron chi connectivity index (χ0n) is 10.5. The van der Waals surface area contributed by atoms with Crippen LogP contribution in [-0.2, 0) is 12.8 Å². The number of carbonyl (C=O) groups excluding carboxylic acids is 1. The number of carbonyl (C=O) groups is 1. The van der Waals surface area contributed by atoms with Crippen LogP contribution in [-0.4, -0.2) is 5.78 Å². The first kappa shape index (κ1) is 11.4. The molecule has 1 aromatic carbocycles. The van der Waals surface area contributed by atoms with E-state index in [1.165, 1.54) is 36.0 Å².